The molecule has 0 amide bonds. The van der Waals surface area contributed by atoms with Crippen LogP contribution < -0.4 is 10.1 Å². The summed E-state index contributed by atoms with van der Waals surface area (Å²) < 4.78 is 5.68. The molecule has 1 aromatic carbocycles. The molecule has 1 aromatic heterocycles. The minimum absolute atomic E-state index is 0.222. The summed E-state index contributed by atoms with van der Waals surface area (Å²) in [6.45, 7) is 5.88. The van der Waals surface area contributed by atoms with Crippen LogP contribution in [0.25, 0.3) is 0 Å². The third-order valence-electron chi connectivity index (χ3n) is 2.48. The maximum absolute atomic E-state index is 5.68. The van der Waals surface area contributed by atoms with Crippen LogP contribution in [0.15, 0.2) is 41.8 Å². The molecule has 1 N–H and O–H groups in total. The summed E-state index contributed by atoms with van der Waals surface area (Å²) in [5, 5.41) is 5.54. The van der Waals surface area contributed by atoms with Gasteiger partial charge in [-0.2, -0.15) is 0 Å². The molecule has 0 spiro atoms. The predicted octanol–water partition coefficient (Wildman–Crippen LogP) is 3.83. The zero-order valence-corrected chi connectivity index (χ0v) is 11.7. The van der Waals surface area contributed by atoms with Crippen LogP contribution >= 0.6 is 11.3 Å². The maximum Gasteiger partial charge on any atom is 0.120 e. The predicted molar refractivity (Wildman–Crippen MR) is 77.1 cm³/mol. The molecule has 18 heavy (non-hydrogen) atoms. The molecule has 96 valence electrons. The van der Waals surface area contributed by atoms with E-state index < -0.39 is 0 Å². The molecule has 3 heteroatoms. The third kappa shape index (κ3) is 4.17. The zero-order valence-electron chi connectivity index (χ0n) is 10.8. The lowest BCUT2D eigenvalue weighted by Gasteiger charge is -2.11. The molecule has 0 bridgehead atoms. The summed E-state index contributed by atoms with van der Waals surface area (Å²) >= 11 is 1.78. The molecule has 0 atom stereocenters. The Labute approximate surface area is 113 Å². The summed E-state index contributed by atoms with van der Waals surface area (Å²) in [6.07, 6.45) is 0.222. The van der Waals surface area contributed by atoms with Gasteiger partial charge in [-0.3, -0.25) is 0 Å². The van der Waals surface area contributed by atoms with Crippen molar-refractivity contribution >= 4 is 11.3 Å². The van der Waals surface area contributed by atoms with Crippen molar-refractivity contribution in [1.82, 2.24) is 5.32 Å². The van der Waals surface area contributed by atoms with Crippen LogP contribution in [-0.4, -0.2) is 6.10 Å². The van der Waals surface area contributed by atoms with Gasteiger partial charge >= 0.3 is 0 Å². The van der Waals surface area contributed by atoms with Gasteiger partial charge in [0.15, 0.2) is 0 Å². The summed E-state index contributed by atoms with van der Waals surface area (Å²) in [5.74, 6) is 0.945. The van der Waals surface area contributed by atoms with Crippen LogP contribution in [0.1, 0.15) is 24.3 Å². The molecule has 0 saturated heterocycles. The first-order valence-electron chi connectivity index (χ1n) is 6.23. The molecule has 2 nitrogen and oxygen atoms in total. The molecule has 0 radical (unpaired) electrons. The van der Waals surface area contributed by atoms with E-state index in [0.29, 0.717) is 0 Å². The van der Waals surface area contributed by atoms with Crippen molar-refractivity contribution in [2.24, 2.45) is 0 Å². The first kappa shape index (κ1) is 13.1. The van der Waals surface area contributed by atoms with Gasteiger partial charge in [-0.15, -0.1) is 11.3 Å². The fraction of sp³-hybridized carbons (Fsp3) is 0.333. The normalized spacial score (nSPS) is 10.8. The molecular formula is C15H19NOS. The lowest BCUT2D eigenvalue weighted by atomic mass is 10.2. The number of nitrogens with one attached hydrogen (secondary N) is 1. The van der Waals surface area contributed by atoms with Crippen LogP contribution in [0.5, 0.6) is 5.75 Å². The molecule has 2 rings (SSSR count). The largest absolute Gasteiger partial charge is 0.491 e. The van der Waals surface area contributed by atoms with Crippen molar-refractivity contribution in [1.29, 1.82) is 0 Å². The Morgan fingerprint density at radius 1 is 1.17 bits per heavy atom. The highest BCUT2D eigenvalue weighted by atomic mass is 32.1. The van der Waals surface area contributed by atoms with Crippen LogP contribution in [-0.2, 0) is 13.1 Å². The quantitative estimate of drug-likeness (QED) is 0.853. The molecule has 0 fully saturated rings. The van der Waals surface area contributed by atoms with E-state index in [-0.39, 0.29) is 6.10 Å². The van der Waals surface area contributed by atoms with Gasteiger partial charge in [0.25, 0.3) is 0 Å². The van der Waals surface area contributed by atoms with Crippen molar-refractivity contribution in [2.45, 2.75) is 33.0 Å². The lowest BCUT2D eigenvalue weighted by molar-refractivity contribution is 0.242. The number of rotatable bonds is 6. The van der Waals surface area contributed by atoms with E-state index in [9.17, 15) is 0 Å². The first-order valence-corrected chi connectivity index (χ1v) is 7.10. The van der Waals surface area contributed by atoms with Gasteiger partial charge in [-0.05, 0) is 43.0 Å². The van der Waals surface area contributed by atoms with Gasteiger partial charge in [-0.25, -0.2) is 0 Å². The van der Waals surface area contributed by atoms with Crippen LogP contribution in [0.4, 0.5) is 0 Å². The summed E-state index contributed by atoms with van der Waals surface area (Å²) in [5.41, 5.74) is 1.25. The van der Waals surface area contributed by atoms with Crippen LogP contribution in [0.3, 0.4) is 0 Å². The SMILES string of the molecule is CC(C)Oc1cccc(CNCc2cccs2)c1. The van der Waals surface area contributed by atoms with Crippen molar-refractivity contribution < 1.29 is 4.74 Å². The van der Waals surface area contributed by atoms with E-state index in [2.05, 4.69) is 35.0 Å². The van der Waals surface area contributed by atoms with E-state index >= 15 is 0 Å². The van der Waals surface area contributed by atoms with Gasteiger partial charge in [0, 0.05) is 18.0 Å². The van der Waals surface area contributed by atoms with E-state index in [1.807, 2.05) is 26.0 Å². The summed E-state index contributed by atoms with van der Waals surface area (Å²) in [6, 6.07) is 12.5. The fourth-order valence-corrected chi connectivity index (χ4v) is 2.42. The second kappa shape index (κ2) is 6.57. The van der Waals surface area contributed by atoms with Gasteiger partial charge in [0.05, 0.1) is 6.10 Å². The molecule has 0 unspecified atom stereocenters. The van der Waals surface area contributed by atoms with Crippen molar-refractivity contribution in [3.63, 3.8) is 0 Å². The molecule has 0 aliphatic carbocycles. The fourth-order valence-electron chi connectivity index (χ4n) is 1.74. The van der Waals surface area contributed by atoms with Gasteiger partial charge < -0.3 is 10.1 Å². The zero-order chi connectivity index (χ0) is 12.8. The average Bonchev–Trinajstić information content (AvgIpc) is 2.82. The Hall–Kier alpha value is -1.32. The average molecular weight is 261 g/mol. The molecular weight excluding hydrogens is 242 g/mol. The number of hydrogen-bond acceptors (Lipinski definition) is 3. The van der Waals surface area contributed by atoms with Crippen molar-refractivity contribution in [2.75, 3.05) is 0 Å². The maximum atomic E-state index is 5.68. The van der Waals surface area contributed by atoms with Gasteiger partial charge in [-0.1, -0.05) is 18.2 Å². The number of hydrogen-bond donors (Lipinski definition) is 1. The van der Waals surface area contributed by atoms with Gasteiger partial charge in [0.2, 0.25) is 0 Å². The van der Waals surface area contributed by atoms with Crippen molar-refractivity contribution in [3.8, 4) is 5.75 Å². The van der Waals surface area contributed by atoms with Crippen LogP contribution in [0.2, 0.25) is 0 Å². The first-order chi connectivity index (χ1) is 8.74. The van der Waals surface area contributed by atoms with Gasteiger partial charge in [0.1, 0.15) is 5.75 Å². The Morgan fingerprint density at radius 2 is 2.06 bits per heavy atom. The molecule has 0 saturated carbocycles. The number of ether oxygens (including phenoxy) is 1. The smallest absolute Gasteiger partial charge is 0.120 e. The van der Waals surface area contributed by atoms with Crippen molar-refractivity contribution in [3.05, 3.63) is 52.2 Å². The molecule has 0 aliphatic rings. The second-order valence-electron chi connectivity index (χ2n) is 4.50. The Kier molecular flexibility index (Phi) is 4.79. The molecule has 0 aliphatic heterocycles. The highest BCUT2D eigenvalue weighted by Crippen LogP contribution is 2.15. The summed E-state index contributed by atoms with van der Waals surface area (Å²) in [7, 11) is 0. The minimum atomic E-state index is 0.222. The third-order valence-corrected chi connectivity index (χ3v) is 3.36. The van der Waals surface area contributed by atoms with E-state index in [1.54, 1.807) is 11.3 Å². The number of thiophene rings is 1. The minimum Gasteiger partial charge on any atom is -0.491 e. The highest BCUT2D eigenvalue weighted by Gasteiger charge is 2.00. The summed E-state index contributed by atoms with van der Waals surface area (Å²) in [4.78, 5) is 1.37. The topological polar surface area (TPSA) is 21.3 Å². The van der Waals surface area contributed by atoms with E-state index in [0.717, 1.165) is 18.8 Å². The standard InChI is InChI=1S/C15H19NOS/c1-12(2)17-14-6-3-5-13(9-14)10-16-11-15-7-4-8-18-15/h3-9,12,16H,10-11H2,1-2H3. The second-order valence-corrected chi connectivity index (χ2v) is 5.53. The van der Waals surface area contributed by atoms with E-state index in [4.69, 9.17) is 4.74 Å². The number of benzene rings is 1. The Bertz CT molecular complexity index is 465. The highest BCUT2D eigenvalue weighted by molar-refractivity contribution is 7.09. The monoisotopic (exact) mass is 261 g/mol. The van der Waals surface area contributed by atoms with Crippen LogP contribution in [0, 0.1) is 0 Å². The molecule has 1 heterocycles. The Balaban J connectivity index is 1.85. The molecule has 2 aromatic rings. The van der Waals surface area contributed by atoms with E-state index in [1.165, 1.54) is 10.4 Å². The Morgan fingerprint density at radius 3 is 2.78 bits per heavy atom. The lowest BCUT2D eigenvalue weighted by Crippen LogP contribution is -2.12.